The van der Waals surface area contributed by atoms with E-state index in [9.17, 15) is 10.2 Å². The van der Waals surface area contributed by atoms with Crippen LogP contribution in [0.1, 0.15) is 98.8 Å². The fourth-order valence-electron chi connectivity index (χ4n) is 6.62. The molecule has 5 atom stereocenters. The van der Waals surface area contributed by atoms with Gasteiger partial charge in [-0.15, -0.1) is 0 Å². The maximum atomic E-state index is 10.4. The zero-order chi connectivity index (χ0) is 21.2. The van der Waals surface area contributed by atoms with Crippen molar-refractivity contribution in [2.75, 3.05) is 0 Å². The van der Waals surface area contributed by atoms with Crippen molar-refractivity contribution in [1.82, 2.24) is 0 Å². The lowest BCUT2D eigenvalue weighted by atomic mass is 9.62. The third kappa shape index (κ3) is 5.25. The molecule has 1 fully saturated rings. The Kier molecular flexibility index (Phi) is 7.16. The summed E-state index contributed by atoms with van der Waals surface area (Å²) in [5.74, 6) is 2.17. The Morgan fingerprint density at radius 3 is 2.69 bits per heavy atom. The summed E-state index contributed by atoms with van der Waals surface area (Å²) in [6, 6.07) is 0. The van der Waals surface area contributed by atoms with Crippen molar-refractivity contribution < 1.29 is 10.2 Å². The van der Waals surface area contributed by atoms with Crippen LogP contribution in [0.3, 0.4) is 0 Å². The van der Waals surface area contributed by atoms with Crippen molar-refractivity contribution in [2.45, 2.75) is 111 Å². The van der Waals surface area contributed by atoms with E-state index in [4.69, 9.17) is 0 Å². The fourth-order valence-corrected chi connectivity index (χ4v) is 6.62. The molecule has 2 nitrogen and oxygen atoms in total. The zero-order valence-electron chi connectivity index (χ0n) is 19.5. The fraction of sp³-hybridized carbons (Fsp3) is 0.778. The van der Waals surface area contributed by atoms with E-state index in [2.05, 4.69) is 39.0 Å². The van der Waals surface area contributed by atoms with Crippen LogP contribution in [0, 0.1) is 23.2 Å². The second-order valence-electron chi connectivity index (χ2n) is 11.1. The van der Waals surface area contributed by atoms with E-state index in [0.29, 0.717) is 11.3 Å². The molecule has 1 saturated carbocycles. The maximum Gasteiger partial charge on any atom is 0.0789 e. The largest absolute Gasteiger partial charge is 0.390 e. The first kappa shape index (κ1) is 22.8. The molecular formula is C27H44O2. The van der Waals surface area contributed by atoms with Gasteiger partial charge < -0.3 is 10.2 Å². The van der Waals surface area contributed by atoms with Gasteiger partial charge in [0, 0.05) is 0 Å². The van der Waals surface area contributed by atoms with E-state index >= 15 is 0 Å². The summed E-state index contributed by atoms with van der Waals surface area (Å²) in [6.45, 7) is 11.0. The smallest absolute Gasteiger partial charge is 0.0789 e. The van der Waals surface area contributed by atoms with Gasteiger partial charge in [0.25, 0.3) is 0 Å². The van der Waals surface area contributed by atoms with Crippen molar-refractivity contribution in [3.63, 3.8) is 0 Å². The molecule has 2 N–H and O–H groups in total. The van der Waals surface area contributed by atoms with Crippen LogP contribution in [-0.2, 0) is 0 Å². The van der Waals surface area contributed by atoms with Crippen LogP contribution < -0.4 is 0 Å². The van der Waals surface area contributed by atoms with Crippen LogP contribution in [0.4, 0.5) is 0 Å². The summed E-state index contributed by atoms with van der Waals surface area (Å²) in [5, 5.41) is 20.5. The minimum absolute atomic E-state index is 0.275. The Bertz CT molecular complexity index is 663. The highest BCUT2D eigenvalue weighted by molar-refractivity contribution is 5.37. The predicted octanol–water partition coefficient (Wildman–Crippen LogP) is 6.73. The van der Waals surface area contributed by atoms with Crippen LogP contribution >= 0.6 is 0 Å². The summed E-state index contributed by atoms with van der Waals surface area (Å²) < 4.78 is 0. The first-order valence-corrected chi connectivity index (χ1v) is 12.1. The standard InChI is InChI=1S/C27H44O2/c1-19-9-6-12-25(28)22(19)14-13-21-11-8-18-27(5)23(15-16-24(21)27)20(2)10-7-17-26(3,4)29/h11,13-14,20,23-25,28-29H,6-10,12,15-18H2,1-5H3/b14-13+/t20-,23-,24?,25?,27-/m1/s1. The number of hydrogen-bond acceptors (Lipinski definition) is 2. The molecule has 3 aliphatic carbocycles. The number of aliphatic hydroxyl groups excluding tert-OH is 1. The van der Waals surface area contributed by atoms with Gasteiger partial charge in [0.2, 0.25) is 0 Å². The Hall–Kier alpha value is -0.860. The van der Waals surface area contributed by atoms with Gasteiger partial charge in [-0.25, -0.2) is 0 Å². The van der Waals surface area contributed by atoms with Gasteiger partial charge in [0.1, 0.15) is 0 Å². The average molecular weight is 401 g/mol. The van der Waals surface area contributed by atoms with E-state index in [1.807, 2.05) is 13.8 Å². The van der Waals surface area contributed by atoms with Crippen molar-refractivity contribution in [3.8, 4) is 0 Å². The monoisotopic (exact) mass is 400 g/mol. The SMILES string of the molecule is CC1=C(/C=C/C2=CCC[C@@]3(C)C2CC[C@@H]3[C@H](C)CCCC(C)(C)O)C(O)CCC1. The molecule has 2 heteroatoms. The molecule has 0 saturated heterocycles. The molecule has 0 spiro atoms. The number of hydrogen-bond donors (Lipinski definition) is 2. The summed E-state index contributed by atoms with van der Waals surface area (Å²) in [4.78, 5) is 0. The molecule has 0 bridgehead atoms. The van der Waals surface area contributed by atoms with Gasteiger partial charge >= 0.3 is 0 Å². The molecule has 0 aromatic rings. The first-order chi connectivity index (χ1) is 13.6. The van der Waals surface area contributed by atoms with Crippen molar-refractivity contribution in [2.24, 2.45) is 23.2 Å². The van der Waals surface area contributed by atoms with E-state index < -0.39 is 5.60 Å². The number of allylic oxidation sites excluding steroid dienone is 4. The van der Waals surface area contributed by atoms with Crippen LogP contribution in [0.5, 0.6) is 0 Å². The molecule has 0 heterocycles. The summed E-state index contributed by atoms with van der Waals surface area (Å²) in [6.07, 6.45) is 18.3. The summed E-state index contributed by atoms with van der Waals surface area (Å²) in [7, 11) is 0. The van der Waals surface area contributed by atoms with E-state index in [0.717, 1.165) is 43.9 Å². The van der Waals surface area contributed by atoms with Crippen LogP contribution in [0.2, 0.25) is 0 Å². The normalized spacial score (nSPS) is 34.4. The minimum Gasteiger partial charge on any atom is -0.390 e. The maximum absolute atomic E-state index is 10.4. The second-order valence-corrected chi connectivity index (χ2v) is 11.1. The first-order valence-electron chi connectivity index (χ1n) is 12.1. The third-order valence-electron chi connectivity index (χ3n) is 8.35. The van der Waals surface area contributed by atoms with E-state index in [1.165, 1.54) is 48.8 Å². The molecule has 3 rings (SSSR count). The Morgan fingerprint density at radius 2 is 2.00 bits per heavy atom. The lowest BCUT2D eigenvalue weighted by molar-refractivity contribution is 0.0613. The van der Waals surface area contributed by atoms with Crippen molar-refractivity contribution in [3.05, 3.63) is 34.9 Å². The molecule has 0 radical (unpaired) electrons. The average Bonchev–Trinajstić information content (AvgIpc) is 2.98. The number of fused-ring (bicyclic) bond motifs is 1. The highest BCUT2D eigenvalue weighted by Gasteiger charge is 2.49. The second kappa shape index (κ2) is 9.10. The lowest BCUT2D eigenvalue weighted by Gasteiger charge is -2.43. The Balaban J connectivity index is 1.68. The molecule has 0 aliphatic heterocycles. The summed E-state index contributed by atoms with van der Waals surface area (Å²) in [5.41, 5.74) is 3.91. The predicted molar refractivity (Wildman–Crippen MR) is 123 cm³/mol. The van der Waals surface area contributed by atoms with Gasteiger partial charge in [-0.1, -0.05) is 50.5 Å². The molecule has 0 amide bonds. The molecule has 0 aromatic heterocycles. The van der Waals surface area contributed by atoms with E-state index in [1.54, 1.807) is 0 Å². The quantitative estimate of drug-likeness (QED) is 0.497. The Morgan fingerprint density at radius 1 is 1.24 bits per heavy atom. The van der Waals surface area contributed by atoms with Gasteiger partial charge in [-0.3, -0.25) is 0 Å². The van der Waals surface area contributed by atoms with Crippen molar-refractivity contribution in [1.29, 1.82) is 0 Å². The molecule has 164 valence electrons. The van der Waals surface area contributed by atoms with Gasteiger partial charge in [0.05, 0.1) is 11.7 Å². The third-order valence-corrected chi connectivity index (χ3v) is 8.35. The van der Waals surface area contributed by atoms with Crippen LogP contribution in [0.15, 0.2) is 34.9 Å². The van der Waals surface area contributed by atoms with Gasteiger partial charge in [0.15, 0.2) is 0 Å². The highest BCUT2D eigenvalue weighted by atomic mass is 16.3. The lowest BCUT2D eigenvalue weighted by Crippen LogP contribution is -2.35. The molecular weight excluding hydrogens is 356 g/mol. The van der Waals surface area contributed by atoms with Crippen molar-refractivity contribution >= 4 is 0 Å². The molecule has 0 aromatic carbocycles. The minimum atomic E-state index is -0.538. The van der Waals surface area contributed by atoms with Gasteiger partial charge in [-0.2, -0.15) is 0 Å². The number of rotatable bonds is 7. The molecule has 2 unspecified atom stereocenters. The van der Waals surface area contributed by atoms with Gasteiger partial charge in [-0.05, 0) is 106 Å². The highest BCUT2D eigenvalue weighted by Crippen LogP contribution is 2.58. The molecule has 3 aliphatic rings. The molecule has 29 heavy (non-hydrogen) atoms. The zero-order valence-corrected chi connectivity index (χ0v) is 19.5. The van der Waals surface area contributed by atoms with Crippen LogP contribution in [-0.4, -0.2) is 21.9 Å². The van der Waals surface area contributed by atoms with E-state index in [-0.39, 0.29) is 6.10 Å². The van der Waals surface area contributed by atoms with Crippen LogP contribution in [0.25, 0.3) is 0 Å². The summed E-state index contributed by atoms with van der Waals surface area (Å²) >= 11 is 0. The Labute approximate surface area is 179 Å². The number of aliphatic hydroxyl groups is 2. The topological polar surface area (TPSA) is 40.5 Å².